The molecule has 28 heavy (non-hydrogen) atoms. The van der Waals surface area contributed by atoms with Gasteiger partial charge in [0.05, 0.1) is 5.39 Å². The molecule has 1 aromatic carbocycles. The molecule has 5 nitrogen and oxygen atoms in total. The third kappa shape index (κ3) is 3.49. The second kappa shape index (κ2) is 7.72. The van der Waals surface area contributed by atoms with E-state index in [0.717, 1.165) is 62.9 Å². The number of rotatable bonds is 4. The Morgan fingerprint density at radius 3 is 2.54 bits per heavy atom. The molecule has 1 aliphatic heterocycles. The van der Waals surface area contributed by atoms with Crippen molar-refractivity contribution in [2.75, 3.05) is 13.1 Å². The summed E-state index contributed by atoms with van der Waals surface area (Å²) < 4.78 is 1.64. The Kier molecular flexibility index (Phi) is 5.29. The Hall–Kier alpha value is -2.12. The molecule has 3 heterocycles. The van der Waals surface area contributed by atoms with E-state index in [0.29, 0.717) is 5.75 Å². The highest BCUT2D eigenvalue weighted by molar-refractivity contribution is 7.98. The number of aryl methyl sites for hydroxylation is 2. The number of hydrogen-bond acceptors (Lipinski definition) is 5. The van der Waals surface area contributed by atoms with Crippen LogP contribution in [0.5, 0.6) is 0 Å². The average molecular weight is 414 g/mol. The zero-order valence-corrected chi connectivity index (χ0v) is 18.0. The Morgan fingerprint density at radius 2 is 1.86 bits per heavy atom. The Balaban J connectivity index is 1.51. The molecule has 7 heteroatoms. The maximum absolute atomic E-state index is 12.7. The second-order valence-corrected chi connectivity index (χ2v) is 9.35. The number of thiophene rings is 1. The first kappa shape index (κ1) is 19.2. The fourth-order valence-electron chi connectivity index (χ4n) is 3.48. The molecular formula is C21H23N3O2S2. The highest BCUT2D eigenvalue weighted by Gasteiger charge is 2.19. The van der Waals surface area contributed by atoms with Crippen LogP contribution in [0.25, 0.3) is 10.2 Å². The number of aromatic nitrogens is 2. The molecule has 0 radical (unpaired) electrons. The van der Waals surface area contributed by atoms with Crippen molar-refractivity contribution in [2.24, 2.45) is 7.05 Å². The van der Waals surface area contributed by atoms with Crippen LogP contribution < -0.4 is 5.56 Å². The van der Waals surface area contributed by atoms with Crippen LogP contribution >= 0.6 is 23.1 Å². The van der Waals surface area contributed by atoms with Gasteiger partial charge in [0.15, 0.2) is 5.16 Å². The number of carbonyl (C=O) groups is 1. The molecule has 0 aliphatic carbocycles. The molecule has 146 valence electrons. The van der Waals surface area contributed by atoms with Crippen molar-refractivity contribution in [2.45, 2.75) is 37.6 Å². The summed E-state index contributed by atoms with van der Waals surface area (Å²) in [7, 11) is 1.78. The Labute approximate surface area is 172 Å². The molecule has 0 spiro atoms. The topological polar surface area (TPSA) is 55.2 Å². The number of nitrogens with zero attached hydrogens (tertiary/aromatic N) is 3. The van der Waals surface area contributed by atoms with Gasteiger partial charge in [0.2, 0.25) is 0 Å². The minimum absolute atomic E-state index is 0.0147. The average Bonchev–Trinajstić information content (AvgIpc) is 3.32. The molecule has 1 amide bonds. The first-order chi connectivity index (χ1) is 13.5. The number of carbonyl (C=O) groups excluding carboxylic acids is 1. The van der Waals surface area contributed by atoms with Gasteiger partial charge in [-0.2, -0.15) is 0 Å². The van der Waals surface area contributed by atoms with Crippen molar-refractivity contribution in [3.8, 4) is 0 Å². The minimum atomic E-state index is 0.0147. The van der Waals surface area contributed by atoms with Crippen molar-refractivity contribution in [1.29, 1.82) is 0 Å². The van der Waals surface area contributed by atoms with Crippen molar-refractivity contribution < 1.29 is 4.79 Å². The van der Waals surface area contributed by atoms with Crippen LogP contribution in [0.3, 0.4) is 0 Å². The molecule has 0 unspecified atom stereocenters. The SMILES string of the molecule is Cc1sc2nc(SCc3ccc(C(=O)N4CCCC4)cc3)n(C)c(=O)c2c1C. The van der Waals surface area contributed by atoms with Gasteiger partial charge < -0.3 is 4.90 Å². The van der Waals surface area contributed by atoms with Gasteiger partial charge in [-0.15, -0.1) is 11.3 Å². The lowest BCUT2D eigenvalue weighted by Crippen LogP contribution is -2.27. The molecular weight excluding hydrogens is 390 g/mol. The van der Waals surface area contributed by atoms with Gasteiger partial charge in [0, 0.05) is 36.3 Å². The molecule has 1 aliphatic rings. The normalized spacial score (nSPS) is 14.2. The fourth-order valence-corrected chi connectivity index (χ4v) is 5.48. The molecule has 0 atom stereocenters. The molecule has 1 saturated heterocycles. The molecule has 1 fully saturated rings. The number of benzene rings is 1. The number of thioether (sulfide) groups is 1. The lowest BCUT2D eigenvalue weighted by Gasteiger charge is -2.15. The van der Waals surface area contributed by atoms with E-state index >= 15 is 0 Å². The Morgan fingerprint density at radius 1 is 1.18 bits per heavy atom. The highest BCUT2D eigenvalue weighted by Crippen LogP contribution is 2.29. The molecule has 0 bridgehead atoms. The van der Waals surface area contributed by atoms with Crippen molar-refractivity contribution in [1.82, 2.24) is 14.5 Å². The largest absolute Gasteiger partial charge is 0.339 e. The summed E-state index contributed by atoms with van der Waals surface area (Å²) in [6.07, 6.45) is 2.19. The van der Waals surface area contributed by atoms with Crippen molar-refractivity contribution >= 4 is 39.2 Å². The molecule has 0 N–H and O–H groups in total. The van der Waals surface area contributed by atoms with Gasteiger partial charge in [-0.05, 0) is 49.9 Å². The van der Waals surface area contributed by atoms with Gasteiger partial charge in [0.25, 0.3) is 11.5 Å². The van der Waals surface area contributed by atoms with Gasteiger partial charge >= 0.3 is 0 Å². The summed E-state index contributed by atoms with van der Waals surface area (Å²) >= 11 is 3.12. The second-order valence-electron chi connectivity index (χ2n) is 7.21. The van der Waals surface area contributed by atoms with Crippen molar-refractivity contribution in [3.05, 3.63) is 56.2 Å². The van der Waals surface area contributed by atoms with E-state index in [1.807, 2.05) is 43.0 Å². The predicted molar refractivity (Wildman–Crippen MR) is 115 cm³/mol. The first-order valence-corrected chi connectivity index (χ1v) is 11.2. The molecule has 2 aromatic heterocycles. The maximum Gasteiger partial charge on any atom is 0.262 e. The van der Waals surface area contributed by atoms with E-state index in [-0.39, 0.29) is 11.5 Å². The van der Waals surface area contributed by atoms with E-state index in [9.17, 15) is 9.59 Å². The van der Waals surface area contributed by atoms with Crippen LogP contribution in [-0.2, 0) is 12.8 Å². The number of amides is 1. The zero-order chi connectivity index (χ0) is 19.8. The van der Waals surface area contributed by atoms with E-state index in [4.69, 9.17) is 4.98 Å². The van der Waals surface area contributed by atoms with E-state index in [1.165, 1.54) is 0 Å². The predicted octanol–water partition coefficient (Wildman–Crippen LogP) is 4.14. The van der Waals surface area contributed by atoms with Gasteiger partial charge in [-0.25, -0.2) is 4.98 Å². The number of likely N-dealkylation sites (tertiary alicyclic amines) is 1. The van der Waals surface area contributed by atoms with E-state index in [1.54, 1.807) is 34.7 Å². The summed E-state index contributed by atoms with van der Waals surface area (Å²) in [5.74, 6) is 0.822. The Bertz CT molecular complexity index is 1090. The smallest absolute Gasteiger partial charge is 0.262 e. The summed E-state index contributed by atoms with van der Waals surface area (Å²) in [5, 5.41) is 1.45. The van der Waals surface area contributed by atoms with Crippen LogP contribution in [0.1, 0.15) is 39.2 Å². The number of fused-ring (bicyclic) bond motifs is 1. The minimum Gasteiger partial charge on any atom is -0.339 e. The molecule has 4 rings (SSSR count). The zero-order valence-electron chi connectivity index (χ0n) is 16.3. The summed E-state index contributed by atoms with van der Waals surface area (Å²) in [5.41, 5.74) is 2.90. The molecule has 0 saturated carbocycles. The first-order valence-electron chi connectivity index (χ1n) is 9.43. The molecule has 3 aromatic rings. The third-order valence-corrected chi connectivity index (χ3v) is 7.53. The van der Waals surface area contributed by atoms with Gasteiger partial charge in [-0.1, -0.05) is 23.9 Å². The van der Waals surface area contributed by atoms with Crippen LogP contribution in [0, 0.1) is 13.8 Å². The lowest BCUT2D eigenvalue weighted by atomic mass is 10.1. The lowest BCUT2D eigenvalue weighted by molar-refractivity contribution is 0.0793. The van der Waals surface area contributed by atoms with Gasteiger partial charge in [0.1, 0.15) is 4.83 Å². The van der Waals surface area contributed by atoms with Crippen LogP contribution in [-0.4, -0.2) is 33.4 Å². The van der Waals surface area contributed by atoms with Crippen LogP contribution in [0.15, 0.2) is 34.2 Å². The van der Waals surface area contributed by atoms with Gasteiger partial charge in [-0.3, -0.25) is 14.2 Å². The third-order valence-electron chi connectivity index (χ3n) is 5.33. The number of hydrogen-bond donors (Lipinski definition) is 0. The highest BCUT2D eigenvalue weighted by atomic mass is 32.2. The fraction of sp³-hybridized carbons (Fsp3) is 0.381. The summed E-state index contributed by atoms with van der Waals surface area (Å²) in [6.45, 7) is 5.73. The monoisotopic (exact) mass is 413 g/mol. The maximum atomic E-state index is 12.7. The van der Waals surface area contributed by atoms with E-state index < -0.39 is 0 Å². The summed E-state index contributed by atoms with van der Waals surface area (Å²) in [6, 6.07) is 7.79. The quantitative estimate of drug-likeness (QED) is 0.476. The summed E-state index contributed by atoms with van der Waals surface area (Å²) in [4.78, 5) is 33.7. The van der Waals surface area contributed by atoms with E-state index in [2.05, 4.69) is 0 Å². The van der Waals surface area contributed by atoms with Crippen LogP contribution in [0.2, 0.25) is 0 Å². The van der Waals surface area contributed by atoms with Crippen molar-refractivity contribution in [3.63, 3.8) is 0 Å². The standard InChI is InChI=1S/C21H23N3O2S2/c1-13-14(2)28-18-17(13)20(26)23(3)21(22-18)27-12-15-6-8-16(9-7-15)19(25)24-10-4-5-11-24/h6-9H,4-5,10-12H2,1-3H3. The van der Waals surface area contributed by atoms with Crippen LogP contribution in [0.4, 0.5) is 0 Å².